The summed E-state index contributed by atoms with van der Waals surface area (Å²) in [6.07, 6.45) is 8.35. The summed E-state index contributed by atoms with van der Waals surface area (Å²) >= 11 is 0. The molecule has 4 bridgehead atoms. The third-order valence-electron chi connectivity index (χ3n) is 7.73. The molecular formula is C26H39N5O5. The molecule has 4 saturated carbocycles. The largest absolute Gasteiger partial charge is 0.474 e. The number of carbonyl (C=O) groups excluding carboxylic acids is 3. The number of amides is 3. The van der Waals surface area contributed by atoms with Crippen LogP contribution in [0.5, 0.6) is 5.88 Å². The molecule has 1 heterocycles. The minimum atomic E-state index is -0.761. The van der Waals surface area contributed by atoms with Crippen molar-refractivity contribution in [2.75, 3.05) is 6.54 Å². The number of nitrogens with two attached hydrogens (primary N) is 1. The van der Waals surface area contributed by atoms with Crippen LogP contribution >= 0.6 is 0 Å². The number of carbonyl (C=O) groups is 3. The molecule has 2 atom stereocenters. The van der Waals surface area contributed by atoms with Crippen LogP contribution < -0.4 is 21.1 Å². The van der Waals surface area contributed by atoms with E-state index < -0.39 is 17.1 Å². The summed E-state index contributed by atoms with van der Waals surface area (Å²) in [5, 5.41) is 10.4. The molecule has 10 heteroatoms. The average Bonchev–Trinajstić information content (AvgIpc) is 3.15. The molecule has 0 aliphatic heterocycles. The van der Waals surface area contributed by atoms with Gasteiger partial charge in [0.05, 0.1) is 17.7 Å². The second-order valence-corrected chi connectivity index (χ2v) is 11.4. The van der Waals surface area contributed by atoms with Crippen molar-refractivity contribution in [3.63, 3.8) is 0 Å². The SMILES string of the molecule is CCNC(=O)C(C)(C)C=Cn1ncc(C(=O)NC2C3CC4CC2CC(OC(N)=O)(C4)C3)c1OC(C)C. The number of rotatable bonds is 9. The third-order valence-corrected chi connectivity index (χ3v) is 7.73. The Morgan fingerprint density at radius 3 is 2.50 bits per heavy atom. The highest BCUT2D eigenvalue weighted by atomic mass is 16.6. The van der Waals surface area contributed by atoms with E-state index in [2.05, 4.69) is 15.7 Å². The normalized spacial score (nSPS) is 28.9. The van der Waals surface area contributed by atoms with Crippen LogP contribution in [0.3, 0.4) is 0 Å². The Hall–Kier alpha value is -3.04. The third kappa shape index (κ3) is 5.22. The van der Waals surface area contributed by atoms with E-state index in [1.165, 1.54) is 10.9 Å². The molecule has 0 spiro atoms. The Bertz CT molecular complexity index is 1030. The molecule has 1 aromatic rings. The highest BCUT2D eigenvalue weighted by molar-refractivity contribution is 5.96. The lowest BCUT2D eigenvalue weighted by Crippen LogP contribution is -2.63. The van der Waals surface area contributed by atoms with Crippen LogP contribution in [-0.4, -0.2) is 52.0 Å². The van der Waals surface area contributed by atoms with Crippen molar-refractivity contribution in [2.24, 2.45) is 28.9 Å². The number of hydrogen-bond acceptors (Lipinski definition) is 6. The Labute approximate surface area is 212 Å². The minimum absolute atomic E-state index is 0.00103. The van der Waals surface area contributed by atoms with Gasteiger partial charge in [-0.25, -0.2) is 9.48 Å². The molecule has 4 aliphatic rings. The van der Waals surface area contributed by atoms with Gasteiger partial charge in [-0.15, -0.1) is 0 Å². The van der Waals surface area contributed by atoms with Gasteiger partial charge in [0.2, 0.25) is 11.8 Å². The maximum Gasteiger partial charge on any atom is 0.405 e. The van der Waals surface area contributed by atoms with E-state index in [1.807, 2.05) is 34.6 Å². The fourth-order valence-corrected chi connectivity index (χ4v) is 6.43. The quantitative estimate of drug-likeness (QED) is 0.475. The zero-order chi connectivity index (χ0) is 26.3. The van der Waals surface area contributed by atoms with Gasteiger partial charge >= 0.3 is 6.09 Å². The first kappa shape index (κ1) is 26.0. The lowest BCUT2D eigenvalue weighted by molar-refractivity contribution is -0.137. The molecule has 0 saturated heterocycles. The number of ether oxygens (including phenoxy) is 2. The first-order chi connectivity index (χ1) is 16.9. The summed E-state index contributed by atoms with van der Waals surface area (Å²) in [5.74, 6) is 0.968. The zero-order valence-corrected chi connectivity index (χ0v) is 21.9. The van der Waals surface area contributed by atoms with E-state index in [4.69, 9.17) is 15.2 Å². The summed E-state index contributed by atoms with van der Waals surface area (Å²) in [6, 6.07) is 0.00103. The van der Waals surface area contributed by atoms with Gasteiger partial charge in [0.1, 0.15) is 11.2 Å². The number of aromatic nitrogens is 2. The van der Waals surface area contributed by atoms with E-state index in [1.54, 1.807) is 12.3 Å². The number of hydrogen-bond donors (Lipinski definition) is 3. The molecule has 36 heavy (non-hydrogen) atoms. The lowest BCUT2D eigenvalue weighted by atomic mass is 9.52. The molecule has 198 valence electrons. The topological polar surface area (TPSA) is 138 Å². The molecule has 4 fully saturated rings. The Kier molecular flexibility index (Phi) is 7.07. The minimum Gasteiger partial charge on any atom is -0.474 e. The number of primary amides is 1. The zero-order valence-electron chi connectivity index (χ0n) is 21.9. The van der Waals surface area contributed by atoms with Gasteiger partial charge in [0, 0.05) is 18.8 Å². The Balaban J connectivity index is 1.52. The second kappa shape index (κ2) is 9.78. The van der Waals surface area contributed by atoms with Gasteiger partial charge in [-0.1, -0.05) is 6.08 Å². The maximum atomic E-state index is 13.5. The van der Waals surface area contributed by atoms with Crippen LogP contribution in [0, 0.1) is 23.2 Å². The summed E-state index contributed by atoms with van der Waals surface area (Å²) in [7, 11) is 0. The first-order valence-electron chi connectivity index (χ1n) is 12.9. The molecule has 2 unspecified atom stereocenters. The first-order valence-corrected chi connectivity index (χ1v) is 12.9. The molecule has 1 aromatic heterocycles. The fraction of sp³-hybridized carbons (Fsp3) is 0.692. The highest BCUT2D eigenvalue weighted by Crippen LogP contribution is 2.57. The highest BCUT2D eigenvalue weighted by Gasteiger charge is 2.57. The van der Waals surface area contributed by atoms with Crippen LogP contribution in [0.25, 0.3) is 6.20 Å². The number of nitrogens with zero attached hydrogens (tertiary/aromatic N) is 2. The van der Waals surface area contributed by atoms with Crippen molar-refractivity contribution < 1.29 is 23.9 Å². The summed E-state index contributed by atoms with van der Waals surface area (Å²) in [4.78, 5) is 37.4. The van der Waals surface area contributed by atoms with Crippen molar-refractivity contribution in [1.82, 2.24) is 20.4 Å². The van der Waals surface area contributed by atoms with E-state index in [0.29, 0.717) is 23.9 Å². The second-order valence-electron chi connectivity index (χ2n) is 11.4. The van der Waals surface area contributed by atoms with Crippen LogP contribution in [0.2, 0.25) is 0 Å². The van der Waals surface area contributed by atoms with Crippen molar-refractivity contribution in [3.05, 3.63) is 17.8 Å². The van der Waals surface area contributed by atoms with E-state index in [0.717, 1.165) is 32.1 Å². The van der Waals surface area contributed by atoms with Gasteiger partial charge in [-0.3, -0.25) is 9.59 Å². The van der Waals surface area contributed by atoms with Gasteiger partial charge in [-0.2, -0.15) is 5.10 Å². The Morgan fingerprint density at radius 1 is 1.25 bits per heavy atom. The Morgan fingerprint density at radius 2 is 1.92 bits per heavy atom. The molecule has 4 aliphatic carbocycles. The van der Waals surface area contributed by atoms with Crippen LogP contribution in [-0.2, 0) is 9.53 Å². The smallest absolute Gasteiger partial charge is 0.405 e. The van der Waals surface area contributed by atoms with E-state index in [-0.39, 0.29) is 35.8 Å². The van der Waals surface area contributed by atoms with Crippen molar-refractivity contribution in [2.45, 2.75) is 84.5 Å². The monoisotopic (exact) mass is 501 g/mol. The molecule has 4 N–H and O–H groups in total. The molecule has 10 nitrogen and oxygen atoms in total. The standard InChI is InChI=1S/C26H39N5O5/c1-6-28-23(33)25(4,5)7-8-31-22(35-15(2)3)19(14-29-31)21(32)30-20-17-9-16-10-18(20)13-26(11-16,12-17)36-24(27)34/h7-8,14-18,20H,6,9-13H2,1-5H3,(H2,27,34)(H,28,33)(H,30,32). The predicted octanol–water partition coefficient (Wildman–Crippen LogP) is 3.08. The van der Waals surface area contributed by atoms with Gasteiger partial charge in [-0.05, 0) is 84.5 Å². The van der Waals surface area contributed by atoms with Crippen LogP contribution in [0.1, 0.15) is 77.1 Å². The fourth-order valence-electron chi connectivity index (χ4n) is 6.43. The predicted molar refractivity (Wildman–Crippen MR) is 134 cm³/mol. The van der Waals surface area contributed by atoms with Gasteiger partial charge < -0.3 is 25.8 Å². The molecule has 3 amide bonds. The van der Waals surface area contributed by atoms with E-state index >= 15 is 0 Å². The molecular weight excluding hydrogens is 462 g/mol. The van der Waals surface area contributed by atoms with Gasteiger partial charge in [0.25, 0.3) is 5.91 Å². The van der Waals surface area contributed by atoms with E-state index in [9.17, 15) is 14.4 Å². The summed E-state index contributed by atoms with van der Waals surface area (Å²) in [6.45, 7) is 9.82. The van der Waals surface area contributed by atoms with Gasteiger partial charge in [0.15, 0.2) is 0 Å². The number of nitrogens with one attached hydrogen (secondary N) is 2. The average molecular weight is 502 g/mol. The lowest BCUT2D eigenvalue weighted by Gasteiger charge is -2.58. The molecule has 5 rings (SSSR count). The summed E-state index contributed by atoms with van der Waals surface area (Å²) < 4.78 is 13.1. The van der Waals surface area contributed by atoms with Crippen molar-refractivity contribution in [1.29, 1.82) is 0 Å². The van der Waals surface area contributed by atoms with Crippen molar-refractivity contribution in [3.8, 4) is 5.88 Å². The van der Waals surface area contributed by atoms with Crippen LogP contribution in [0.4, 0.5) is 4.79 Å². The van der Waals surface area contributed by atoms with Crippen LogP contribution in [0.15, 0.2) is 12.3 Å². The molecule has 0 radical (unpaired) electrons. The summed E-state index contributed by atoms with van der Waals surface area (Å²) in [5.41, 5.74) is 4.47. The maximum absolute atomic E-state index is 13.5. The molecule has 0 aromatic carbocycles. The van der Waals surface area contributed by atoms with Crippen molar-refractivity contribution >= 4 is 24.1 Å².